The van der Waals surface area contributed by atoms with Crippen molar-refractivity contribution >= 4 is 19.7 Å². The molecule has 4 nitrogen and oxygen atoms in total. The van der Waals surface area contributed by atoms with Crippen LogP contribution in [0.3, 0.4) is 0 Å². The third-order valence-corrected chi connectivity index (χ3v) is 3.58. The Hall–Kier alpha value is -1.09. The number of benzene rings is 1. The van der Waals surface area contributed by atoms with Gasteiger partial charge in [-0.2, -0.15) is 5.26 Å². The van der Waals surface area contributed by atoms with Crippen LogP contribution in [-0.4, -0.2) is 8.42 Å². The normalized spacial score (nSPS) is 11.1. The zero-order valence-corrected chi connectivity index (χ0v) is 10.3. The smallest absolute Gasteiger partial charge is 0.262 e. The Kier molecular flexibility index (Phi) is 3.92. The van der Waals surface area contributed by atoms with Crippen LogP contribution >= 0.6 is 10.7 Å². The minimum atomic E-state index is -3.92. The first-order valence-corrected chi connectivity index (χ1v) is 6.95. The highest BCUT2D eigenvalue weighted by Crippen LogP contribution is 2.25. The quantitative estimate of drug-likeness (QED) is 0.833. The van der Waals surface area contributed by atoms with E-state index in [0.717, 1.165) is 0 Å². The van der Waals surface area contributed by atoms with E-state index in [0.29, 0.717) is 17.5 Å². The van der Waals surface area contributed by atoms with Gasteiger partial charge in [0, 0.05) is 17.2 Å². The minimum absolute atomic E-state index is 0.106. The van der Waals surface area contributed by atoms with Crippen molar-refractivity contribution in [2.24, 2.45) is 5.73 Å². The van der Waals surface area contributed by atoms with Gasteiger partial charge < -0.3 is 5.73 Å². The van der Waals surface area contributed by atoms with E-state index in [9.17, 15) is 8.42 Å². The summed E-state index contributed by atoms with van der Waals surface area (Å²) in [6, 6.07) is 4.94. The molecular weight excluding hydrogens is 248 g/mol. The number of halogens is 1. The average molecular weight is 259 g/mol. The van der Waals surface area contributed by atoms with Crippen LogP contribution in [0.2, 0.25) is 0 Å². The third-order valence-electron chi connectivity index (χ3n) is 2.23. The summed E-state index contributed by atoms with van der Waals surface area (Å²) in [7, 11) is 1.36. The van der Waals surface area contributed by atoms with Gasteiger partial charge in [0.1, 0.15) is 11.0 Å². The van der Waals surface area contributed by atoms with Crippen molar-refractivity contribution in [2.75, 3.05) is 0 Å². The van der Waals surface area contributed by atoms with Crippen LogP contribution < -0.4 is 5.73 Å². The standard InChI is InChI=1S/C10H11ClN2O2S/c1-2-8-3-7(5-12)4-10(9(8)6-13)16(11,14)15/h3-4H,2,5,12H2,1H3. The lowest BCUT2D eigenvalue weighted by atomic mass is 10.0. The molecule has 0 aliphatic rings. The number of nitrogens with zero attached hydrogens (tertiary/aromatic N) is 1. The molecule has 0 unspecified atom stereocenters. The second kappa shape index (κ2) is 4.83. The van der Waals surface area contributed by atoms with Crippen LogP contribution in [-0.2, 0) is 22.0 Å². The molecule has 6 heteroatoms. The van der Waals surface area contributed by atoms with Crippen molar-refractivity contribution in [3.05, 3.63) is 28.8 Å². The molecule has 2 N–H and O–H groups in total. The summed E-state index contributed by atoms with van der Waals surface area (Å²) in [5.74, 6) is 0. The first-order chi connectivity index (χ1) is 7.43. The maximum Gasteiger partial charge on any atom is 0.262 e. The SMILES string of the molecule is CCc1cc(CN)cc(S(=O)(=O)Cl)c1C#N. The number of aryl methyl sites for hydroxylation is 1. The van der Waals surface area contributed by atoms with Gasteiger partial charge in [-0.15, -0.1) is 0 Å². The van der Waals surface area contributed by atoms with Crippen molar-refractivity contribution in [3.8, 4) is 6.07 Å². The Morgan fingerprint density at radius 3 is 2.50 bits per heavy atom. The molecule has 0 saturated heterocycles. The zero-order valence-electron chi connectivity index (χ0n) is 8.70. The van der Waals surface area contributed by atoms with Crippen molar-refractivity contribution in [3.63, 3.8) is 0 Å². The van der Waals surface area contributed by atoms with Gasteiger partial charge in [-0.25, -0.2) is 8.42 Å². The van der Waals surface area contributed by atoms with Gasteiger partial charge in [-0.05, 0) is 23.6 Å². The van der Waals surface area contributed by atoms with Crippen LogP contribution in [0.5, 0.6) is 0 Å². The average Bonchev–Trinajstić information content (AvgIpc) is 2.25. The van der Waals surface area contributed by atoms with E-state index in [1.54, 1.807) is 6.07 Å². The molecular formula is C10H11ClN2O2S. The summed E-state index contributed by atoms with van der Waals surface area (Å²) in [4.78, 5) is -0.156. The Morgan fingerprint density at radius 2 is 2.12 bits per heavy atom. The fourth-order valence-corrected chi connectivity index (χ4v) is 2.53. The van der Waals surface area contributed by atoms with Gasteiger partial charge in [0.15, 0.2) is 0 Å². The lowest BCUT2D eigenvalue weighted by Crippen LogP contribution is -2.04. The summed E-state index contributed by atoms with van der Waals surface area (Å²) in [5, 5.41) is 8.95. The molecule has 0 atom stereocenters. The highest BCUT2D eigenvalue weighted by Gasteiger charge is 2.19. The largest absolute Gasteiger partial charge is 0.326 e. The summed E-state index contributed by atoms with van der Waals surface area (Å²) in [6.45, 7) is 2.04. The van der Waals surface area contributed by atoms with Gasteiger partial charge in [-0.1, -0.05) is 13.0 Å². The molecule has 0 spiro atoms. The number of hydrogen-bond acceptors (Lipinski definition) is 4. The highest BCUT2D eigenvalue weighted by atomic mass is 35.7. The lowest BCUT2D eigenvalue weighted by molar-refractivity contribution is 0.609. The Bertz CT molecular complexity index is 547. The van der Waals surface area contributed by atoms with E-state index in [-0.39, 0.29) is 17.0 Å². The summed E-state index contributed by atoms with van der Waals surface area (Å²) in [6.07, 6.45) is 0.552. The van der Waals surface area contributed by atoms with E-state index in [4.69, 9.17) is 21.7 Å². The molecule has 0 fully saturated rings. The van der Waals surface area contributed by atoms with Gasteiger partial charge >= 0.3 is 0 Å². The number of hydrogen-bond donors (Lipinski definition) is 1. The predicted molar refractivity (Wildman–Crippen MR) is 61.5 cm³/mol. The molecule has 0 aromatic heterocycles. The van der Waals surface area contributed by atoms with E-state index < -0.39 is 9.05 Å². The molecule has 0 aliphatic heterocycles. The van der Waals surface area contributed by atoms with Crippen molar-refractivity contribution in [1.29, 1.82) is 5.26 Å². The third kappa shape index (κ3) is 2.53. The lowest BCUT2D eigenvalue weighted by Gasteiger charge is -2.08. The molecule has 0 bridgehead atoms. The molecule has 0 aliphatic carbocycles. The Labute approximate surface area is 99.1 Å². The zero-order chi connectivity index (χ0) is 12.3. The number of rotatable bonds is 3. The monoisotopic (exact) mass is 258 g/mol. The molecule has 0 radical (unpaired) electrons. The summed E-state index contributed by atoms with van der Waals surface area (Å²) >= 11 is 0. The van der Waals surface area contributed by atoms with Crippen LogP contribution in [0.25, 0.3) is 0 Å². The van der Waals surface area contributed by atoms with Crippen molar-refractivity contribution in [1.82, 2.24) is 0 Å². The molecule has 0 amide bonds. The number of nitrogens with two attached hydrogens (primary N) is 1. The van der Waals surface area contributed by atoms with Gasteiger partial charge in [0.25, 0.3) is 9.05 Å². The number of nitriles is 1. The maximum absolute atomic E-state index is 11.3. The summed E-state index contributed by atoms with van der Waals surface area (Å²) in [5.41, 5.74) is 6.85. The fraction of sp³-hybridized carbons (Fsp3) is 0.300. The Balaban J connectivity index is 3.65. The fourth-order valence-electron chi connectivity index (χ4n) is 1.45. The molecule has 1 rings (SSSR count). The molecule has 1 aromatic rings. The predicted octanol–water partition coefficient (Wildman–Crippen LogP) is 1.51. The van der Waals surface area contributed by atoms with Crippen LogP contribution in [0.15, 0.2) is 17.0 Å². The maximum atomic E-state index is 11.3. The van der Waals surface area contributed by atoms with E-state index in [2.05, 4.69) is 0 Å². The topological polar surface area (TPSA) is 84.0 Å². The van der Waals surface area contributed by atoms with E-state index >= 15 is 0 Å². The first kappa shape index (κ1) is 13.0. The molecule has 16 heavy (non-hydrogen) atoms. The van der Waals surface area contributed by atoms with E-state index in [1.165, 1.54) is 6.07 Å². The van der Waals surface area contributed by atoms with E-state index in [1.807, 2.05) is 13.0 Å². The van der Waals surface area contributed by atoms with Crippen LogP contribution in [0.1, 0.15) is 23.6 Å². The van der Waals surface area contributed by atoms with Gasteiger partial charge in [0.05, 0.1) is 5.56 Å². The van der Waals surface area contributed by atoms with Crippen molar-refractivity contribution in [2.45, 2.75) is 24.8 Å². The summed E-state index contributed by atoms with van der Waals surface area (Å²) < 4.78 is 22.6. The molecule has 0 saturated carbocycles. The van der Waals surface area contributed by atoms with Crippen LogP contribution in [0.4, 0.5) is 0 Å². The van der Waals surface area contributed by atoms with Crippen LogP contribution in [0, 0.1) is 11.3 Å². The Morgan fingerprint density at radius 1 is 1.50 bits per heavy atom. The molecule has 0 heterocycles. The second-order valence-electron chi connectivity index (χ2n) is 3.24. The molecule has 1 aromatic carbocycles. The van der Waals surface area contributed by atoms with Crippen molar-refractivity contribution < 1.29 is 8.42 Å². The van der Waals surface area contributed by atoms with Gasteiger partial charge in [-0.3, -0.25) is 0 Å². The first-order valence-electron chi connectivity index (χ1n) is 4.64. The second-order valence-corrected chi connectivity index (χ2v) is 5.77. The minimum Gasteiger partial charge on any atom is -0.326 e. The highest BCUT2D eigenvalue weighted by molar-refractivity contribution is 8.13. The van der Waals surface area contributed by atoms with Gasteiger partial charge in [0.2, 0.25) is 0 Å². The molecule has 86 valence electrons.